The van der Waals surface area contributed by atoms with Gasteiger partial charge in [-0.25, -0.2) is 4.98 Å². The van der Waals surface area contributed by atoms with Gasteiger partial charge in [0.2, 0.25) is 0 Å². The first-order valence-corrected chi connectivity index (χ1v) is 10.4. The summed E-state index contributed by atoms with van der Waals surface area (Å²) in [6.07, 6.45) is 8.87. The summed E-state index contributed by atoms with van der Waals surface area (Å²) >= 11 is 0. The van der Waals surface area contributed by atoms with Crippen LogP contribution in [-0.4, -0.2) is 37.9 Å². The second kappa shape index (κ2) is 7.81. The fourth-order valence-corrected chi connectivity index (χ4v) is 3.89. The van der Waals surface area contributed by atoms with E-state index in [1.807, 2.05) is 43.7 Å². The standard InChI is InChI=1S/C24H22N8/c1-13(2)14-8-21(32-29-9-14)30-20-5-4-19-24(31-20)22-15-6-7-27-11-18(15)23(25)17(10-26-3)16(22)12-28-19/h4-13,25-26H,1-3H3,(H,30,31,32)/b17-10-,25-23?. The Morgan fingerprint density at radius 1 is 1.00 bits per heavy atom. The predicted molar refractivity (Wildman–Crippen MR) is 126 cm³/mol. The molecule has 1 aliphatic rings. The molecule has 4 aromatic heterocycles. The van der Waals surface area contributed by atoms with E-state index in [0.717, 1.165) is 44.4 Å². The highest BCUT2D eigenvalue weighted by molar-refractivity contribution is 6.36. The minimum Gasteiger partial charge on any atom is -0.393 e. The van der Waals surface area contributed by atoms with Crippen molar-refractivity contribution in [3.05, 3.63) is 71.9 Å². The molecule has 4 aromatic rings. The molecule has 0 unspecified atom stereocenters. The molecule has 5 rings (SSSR count). The lowest BCUT2D eigenvalue weighted by atomic mass is 9.82. The van der Waals surface area contributed by atoms with Crippen LogP contribution in [0.15, 0.2) is 55.3 Å². The molecule has 0 saturated heterocycles. The molecule has 4 heterocycles. The summed E-state index contributed by atoms with van der Waals surface area (Å²) in [4.78, 5) is 13.8. The van der Waals surface area contributed by atoms with Crippen molar-refractivity contribution >= 4 is 34.0 Å². The molecule has 0 aliphatic heterocycles. The van der Waals surface area contributed by atoms with Crippen molar-refractivity contribution in [2.24, 2.45) is 0 Å². The lowest BCUT2D eigenvalue weighted by Crippen LogP contribution is -2.15. The van der Waals surface area contributed by atoms with Crippen LogP contribution in [0, 0.1) is 5.41 Å². The van der Waals surface area contributed by atoms with E-state index in [-0.39, 0.29) is 0 Å². The van der Waals surface area contributed by atoms with E-state index in [4.69, 9.17) is 10.4 Å². The summed E-state index contributed by atoms with van der Waals surface area (Å²) in [7, 11) is 1.82. The van der Waals surface area contributed by atoms with Crippen LogP contribution in [0.5, 0.6) is 0 Å². The van der Waals surface area contributed by atoms with Gasteiger partial charge in [-0.15, -0.1) is 5.10 Å². The second-order valence-electron chi connectivity index (χ2n) is 7.91. The molecule has 0 aromatic carbocycles. The minimum atomic E-state index is 0.352. The molecule has 32 heavy (non-hydrogen) atoms. The van der Waals surface area contributed by atoms with Gasteiger partial charge >= 0.3 is 0 Å². The third-order valence-electron chi connectivity index (χ3n) is 5.52. The minimum absolute atomic E-state index is 0.352. The Kier molecular flexibility index (Phi) is 4.82. The second-order valence-corrected chi connectivity index (χ2v) is 7.91. The third-order valence-corrected chi connectivity index (χ3v) is 5.52. The number of hydrogen-bond donors (Lipinski definition) is 3. The number of nitrogens with one attached hydrogen (secondary N) is 3. The maximum Gasteiger partial charge on any atom is 0.154 e. The van der Waals surface area contributed by atoms with Gasteiger partial charge in [0, 0.05) is 54.1 Å². The molecule has 0 fully saturated rings. The molecule has 3 N–H and O–H groups in total. The van der Waals surface area contributed by atoms with Gasteiger partial charge < -0.3 is 10.6 Å². The molecule has 0 saturated carbocycles. The van der Waals surface area contributed by atoms with E-state index in [9.17, 15) is 0 Å². The molecule has 1 aliphatic carbocycles. The van der Waals surface area contributed by atoms with E-state index in [2.05, 4.69) is 44.6 Å². The van der Waals surface area contributed by atoms with Gasteiger partial charge in [0.25, 0.3) is 0 Å². The Hall–Kier alpha value is -4.20. The van der Waals surface area contributed by atoms with E-state index in [0.29, 0.717) is 23.3 Å². The maximum atomic E-state index is 8.69. The van der Waals surface area contributed by atoms with Crippen LogP contribution in [-0.2, 0) is 0 Å². The molecule has 158 valence electrons. The number of allylic oxidation sites excluding steroid dienone is 1. The molecule has 8 heteroatoms. The fraction of sp³-hybridized carbons (Fsp3) is 0.167. The Balaban J connectivity index is 1.69. The highest BCUT2D eigenvalue weighted by atomic mass is 15.2. The van der Waals surface area contributed by atoms with Gasteiger partial charge in [0.05, 0.1) is 22.9 Å². The molecule has 0 spiro atoms. The molecule has 0 radical (unpaired) electrons. The fourth-order valence-electron chi connectivity index (χ4n) is 3.89. The molecule has 8 nitrogen and oxygen atoms in total. The number of hydrogen-bond acceptors (Lipinski definition) is 8. The summed E-state index contributed by atoms with van der Waals surface area (Å²) in [5, 5.41) is 23.3. The predicted octanol–water partition coefficient (Wildman–Crippen LogP) is 4.29. The highest BCUT2D eigenvalue weighted by Crippen LogP contribution is 2.41. The van der Waals surface area contributed by atoms with Gasteiger partial charge in [-0.05, 0) is 41.3 Å². The van der Waals surface area contributed by atoms with Crippen LogP contribution >= 0.6 is 0 Å². The van der Waals surface area contributed by atoms with Gasteiger partial charge in [-0.3, -0.25) is 15.4 Å². The first-order valence-electron chi connectivity index (χ1n) is 10.4. The van der Waals surface area contributed by atoms with E-state index < -0.39 is 0 Å². The number of aromatic nitrogens is 5. The molecule has 0 bridgehead atoms. The summed E-state index contributed by atoms with van der Waals surface area (Å²) in [6.45, 7) is 4.24. The number of rotatable bonds is 4. The summed E-state index contributed by atoms with van der Waals surface area (Å²) in [6, 6.07) is 7.73. The van der Waals surface area contributed by atoms with Gasteiger partial charge in [0.15, 0.2) is 5.82 Å². The monoisotopic (exact) mass is 422 g/mol. The van der Waals surface area contributed by atoms with E-state index in [1.54, 1.807) is 18.6 Å². The van der Waals surface area contributed by atoms with Crippen LogP contribution in [0.1, 0.15) is 36.5 Å². The number of nitrogens with zero attached hydrogens (tertiary/aromatic N) is 5. The lowest BCUT2D eigenvalue weighted by Gasteiger charge is -2.23. The smallest absolute Gasteiger partial charge is 0.154 e. The van der Waals surface area contributed by atoms with Crippen LogP contribution in [0.25, 0.3) is 27.7 Å². The third kappa shape index (κ3) is 3.26. The SMILES string of the molecule is CN/C=C1\C(=N)c2cnccc2-c2c1cnc1ccc(Nc3cc(C(C)C)cnn3)nc21. The van der Waals surface area contributed by atoms with Crippen LogP contribution in [0.3, 0.4) is 0 Å². The van der Waals surface area contributed by atoms with Crippen LogP contribution < -0.4 is 10.6 Å². The zero-order valence-electron chi connectivity index (χ0n) is 18.0. The largest absolute Gasteiger partial charge is 0.393 e. The van der Waals surface area contributed by atoms with Gasteiger partial charge in [-0.2, -0.15) is 5.10 Å². The number of fused-ring (bicyclic) bond motifs is 5. The zero-order valence-corrected chi connectivity index (χ0v) is 18.0. The molecule has 0 amide bonds. The number of pyridine rings is 3. The van der Waals surface area contributed by atoms with Crippen molar-refractivity contribution in [1.82, 2.24) is 30.5 Å². The van der Waals surface area contributed by atoms with Crippen molar-refractivity contribution in [2.75, 3.05) is 12.4 Å². The van der Waals surface area contributed by atoms with Crippen molar-refractivity contribution in [2.45, 2.75) is 19.8 Å². The first kappa shape index (κ1) is 19.7. The van der Waals surface area contributed by atoms with E-state index >= 15 is 0 Å². The lowest BCUT2D eigenvalue weighted by molar-refractivity contribution is 0.843. The Morgan fingerprint density at radius 3 is 2.69 bits per heavy atom. The van der Waals surface area contributed by atoms with Crippen LogP contribution in [0.2, 0.25) is 0 Å². The van der Waals surface area contributed by atoms with Crippen molar-refractivity contribution in [3.63, 3.8) is 0 Å². The molecular weight excluding hydrogens is 400 g/mol. The normalized spacial score (nSPS) is 13.9. The van der Waals surface area contributed by atoms with Crippen LogP contribution in [0.4, 0.5) is 11.6 Å². The Labute approximate surface area is 185 Å². The Morgan fingerprint density at radius 2 is 1.88 bits per heavy atom. The van der Waals surface area contributed by atoms with Gasteiger partial charge in [0.1, 0.15) is 5.82 Å². The van der Waals surface area contributed by atoms with Crippen molar-refractivity contribution < 1.29 is 0 Å². The summed E-state index contributed by atoms with van der Waals surface area (Å²) in [5.41, 5.74) is 7.29. The summed E-state index contributed by atoms with van der Waals surface area (Å²) < 4.78 is 0. The van der Waals surface area contributed by atoms with Crippen molar-refractivity contribution in [3.8, 4) is 11.1 Å². The van der Waals surface area contributed by atoms with Gasteiger partial charge in [-0.1, -0.05) is 13.8 Å². The zero-order chi connectivity index (χ0) is 22.2. The maximum absolute atomic E-state index is 8.69. The average molecular weight is 422 g/mol. The average Bonchev–Trinajstić information content (AvgIpc) is 2.81. The quantitative estimate of drug-likeness (QED) is 0.450. The summed E-state index contributed by atoms with van der Waals surface area (Å²) in [5.74, 6) is 1.64. The Bertz CT molecular complexity index is 1390. The van der Waals surface area contributed by atoms with E-state index in [1.165, 1.54) is 0 Å². The topological polar surface area (TPSA) is 112 Å². The highest BCUT2D eigenvalue weighted by Gasteiger charge is 2.27. The number of anilines is 2. The first-order chi connectivity index (χ1) is 15.6. The molecule has 0 atom stereocenters. The molecular formula is C24H22N8. The van der Waals surface area contributed by atoms with Crippen molar-refractivity contribution in [1.29, 1.82) is 5.41 Å².